The number of aromatic nitrogens is 1. The second-order valence-electron chi connectivity index (χ2n) is 4.99. The summed E-state index contributed by atoms with van der Waals surface area (Å²) in [6, 6.07) is 3.79. The number of nitrogens with zero attached hydrogens (tertiary/aromatic N) is 3. The summed E-state index contributed by atoms with van der Waals surface area (Å²) in [6.07, 6.45) is 2.05. The van der Waals surface area contributed by atoms with E-state index >= 15 is 0 Å². The van der Waals surface area contributed by atoms with Gasteiger partial charge in [-0.1, -0.05) is 6.92 Å². The molecule has 0 aromatic carbocycles. The van der Waals surface area contributed by atoms with E-state index in [2.05, 4.69) is 35.8 Å². The molecular formula is C14H26N4O. The third-order valence-corrected chi connectivity index (χ3v) is 2.81. The number of pyridine rings is 1. The third-order valence-electron chi connectivity index (χ3n) is 2.81. The zero-order valence-electron chi connectivity index (χ0n) is 12.5. The van der Waals surface area contributed by atoms with Crippen molar-refractivity contribution >= 4 is 11.5 Å². The Morgan fingerprint density at radius 1 is 1.21 bits per heavy atom. The number of nitrogens with two attached hydrogens (primary N) is 1. The van der Waals surface area contributed by atoms with E-state index < -0.39 is 0 Å². The molecule has 1 aromatic heterocycles. The summed E-state index contributed by atoms with van der Waals surface area (Å²) in [6.45, 7) is 4.74. The molecule has 0 aliphatic carbocycles. The molecule has 1 aromatic rings. The highest BCUT2D eigenvalue weighted by atomic mass is 16.5. The smallest absolute Gasteiger partial charge is 0.239 e. The van der Waals surface area contributed by atoms with Gasteiger partial charge in [-0.15, -0.1) is 0 Å². The topological polar surface area (TPSA) is 54.6 Å². The van der Waals surface area contributed by atoms with Gasteiger partial charge in [0, 0.05) is 13.6 Å². The van der Waals surface area contributed by atoms with Crippen LogP contribution in [0.15, 0.2) is 12.1 Å². The molecule has 0 aliphatic heterocycles. The average Bonchev–Trinajstić information content (AvgIpc) is 2.37. The van der Waals surface area contributed by atoms with Crippen molar-refractivity contribution in [3.05, 3.63) is 12.1 Å². The number of anilines is 2. The predicted molar refractivity (Wildman–Crippen MR) is 80.9 cm³/mol. The summed E-state index contributed by atoms with van der Waals surface area (Å²) in [5.74, 6) is 1.44. The number of ether oxygens (including phenoxy) is 1. The highest BCUT2D eigenvalue weighted by Crippen LogP contribution is 2.22. The first-order chi connectivity index (χ1) is 9.04. The largest absolute Gasteiger partial charge is 0.476 e. The highest BCUT2D eigenvalue weighted by molar-refractivity contribution is 5.54. The molecule has 0 saturated heterocycles. The van der Waals surface area contributed by atoms with Crippen LogP contribution in [-0.2, 0) is 0 Å². The zero-order chi connectivity index (χ0) is 14.3. The van der Waals surface area contributed by atoms with E-state index in [-0.39, 0.29) is 0 Å². The van der Waals surface area contributed by atoms with Gasteiger partial charge in [0.1, 0.15) is 5.82 Å². The SMILES string of the molecule is CCCOc1nc(N(C)CCCN(C)C)ccc1N. The number of hydrogen-bond acceptors (Lipinski definition) is 5. The molecule has 0 amide bonds. The van der Waals surface area contributed by atoms with Gasteiger partial charge in [-0.2, -0.15) is 4.98 Å². The fourth-order valence-corrected chi connectivity index (χ4v) is 1.71. The van der Waals surface area contributed by atoms with E-state index in [9.17, 15) is 0 Å². The maximum atomic E-state index is 5.86. The zero-order valence-corrected chi connectivity index (χ0v) is 12.5. The van der Waals surface area contributed by atoms with Crippen LogP contribution in [0.25, 0.3) is 0 Å². The molecule has 5 heteroatoms. The fraction of sp³-hybridized carbons (Fsp3) is 0.643. The number of hydrogen-bond donors (Lipinski definition) is 1. The lowest BCUT2D eigenvalue weighted by molar-refractivity contribution is 0.307. The van der Waals surface area contributed by atoms with Crippen molar-refractivity contribution < 1.29 is 4.74 Å². The summed E-state index contributed by atoms with van der Waals surface area (Å²) in [5.41, 5.74) is 6.45. The molecule has 0 radical (unpaired) electrons. The van der Waals surface area contributed by atoms with Crippen LogP contribution in [0.2, 0.25) is 0 Å². The van der Waals surface area contributed by atoms with Crippen LogP contribution in [-0.4, -0.2) is 50.7 Å². The molecule has 0 fully saturated rings. The van der Waals surface area contributed by atoms with Crippen molar-refractivity contribution in [3.8, 4) is 5.88 Å². The monoisotopic (exact) mass is 266 g/mol. The quantitative estimate of drug-likeness (QED) is 0.778. The molecule has 0 unspecified atom stereocenters. The molecule has 5 nitrogen and oxygen atoms in total. The van der Waals surface area contributed by atoms with Gasteiger partial charge in [-0.25, -0.2) is 0 Å². The van der Waals surface area contributed by atoms with Gasteiger partial charge in [0.15, 0.2) is 0 Å². The van der Waals surface area contributed by atoms with Crippen LogP contribution in [0.5, 0.6) is 5.88 Å². The standard InChI is InChI=1S/C14H26N4O/c1-5-11-19-14-12(15)7-8-13(16-14)18(4)10-6-9-17(2)3/h7-8H,5-6,9-11,15H2,1-4H3. The van der Waals surface area contributed by atoms with Gasteiger partial charge >= 0.3 is 0 Å². The molecule has 0 saturated carbocycles. The van der Waals surface area contributed by atoms with E-state index in [1.54, 1.807) is 0 Å². The predicted octanol–water partition coefficient (Wildman–Crippen LogP) is 1.84. The van der Waals surface area contributed by atoms with Crippen LogP contribution in [0, 0.1) is 0 Å². The van der Waals surface area contributed by atoms with Crippen molar-refractivity contribution in [1.82, 2.24) is 9.88 Å². The average molecular weight is 266 g/mol. The van der Waals surface area contributed by atoms with Crippen molar-refractivity contribution in [2.45, 2.75) is 19.8 Å². The van der Waals surface area contributed by atoms with Crippen molar-refractivity contribution in [2.75, 3.05) is 51.5 Å². The van der Waals surface area contributed by atoms with E-state index in [4.69, 9.17) is 10.5 Å². The van der Waals surface area contributed by atoms with Gasteiger partial charge < -0.3 is 20.3 Å². The van der Waals surface area contributed by atoms with Gasteiger partial charge in [0.2, 0.25) is 5.88 Å². The fourth-order valence-electron chi connectivity index (χ4n) is 1.71. The molecule has 0 bridgehead atoms. The number of rotatable bonds is 8. The van der Waals surface area contributed by atoms with Crippen LogP contribution < -0.4 is 15.4 Å². The van der Waals surface area contributed by atoms with E-state index in [0.29, 0.717) is 18.2 Å². The van der Waals surface area contributed by atoms with Crippen LogP contribution in [0.3, 0.4) is 0 Å². The Bertz CT molecular complexity index is 382. The lowest BCUT2D eigenvalue weighted by Crippen LogP contribution is -2.24. The van der Waals surface area contributed by atoms with E-state index in [1.165, 1.54) is 0 Å². The minimum absolute atomic E-state index is 0.541. The molecule has 108 valence electrons. The minimum Gasteiger partial charge on any atom is -0.476 e. The van der Waals surface area contributed by atoms with Gasteiger partial charge in [0.05, 0.1) is 12.3 Å². The molecule has 1 rings (SSSR count). The van der Waals surface area contributed by atoms with Crippen molar-refractivity contribution in [2.24, 2.45) is 0 Å². The van der Waals surface area contributed by atoms with Gasteiger partial charge in [0.25, 0.3) is 0 Å². The van der Waals surface area contributed by atoms with E-state index in [1.807, 2.05) is 19.2 Å². The lowest BCUT2D eigenvalue weighted by Gasteiger charge is -2.20. The first kappa shape index (κ1) is 15.6. The summed E-state index contributed by atoms with van der Waals surface area (Å²) < 4.78 is 5.55. The first-order valence-electron chi connectivity index (χ1n) is 6.79. The maximum Gasteiger partial charge on any atom is 0.239 e. The second kappa shape index (κ2) is 7.84. The molecule has 0 atom stereocenters. The Kier molecular flexibility index (Phi) is 6.42. The summed E-state index contributed by atoms with van der Waals surface area (Å²) in [7, 11) is 6.20. The highest BCUT2D eigenvalue weighted by Gasteiger charge is 2.07. The lowest BCUT2D eigenvalue weighted by atomic mass is 10.3. The Hall–Kier alpha value is -1.49. The second-order valence-corrected chi connectivity index (χ2v) is 4.99. The van der Waals surface area contributed by atoms with Crippen LogP contribution in [0.4, 0.5) is 11.5 Å². The van der Waals surface area contributed by atoms with Crippen LogP contribution in [0.1, 0.15) is 19.8 Å². The third kappa shape index (κ3) is 5.34. The number of nitrogen functional groups attached to an aromatic ring is 1. The Labute approximate surface area is 116 Å². The Morgan fingerprint density at radius 3 is 2.58 bits per heavy atom. The molecule has 19 heavy (non-hydrogen) atoms. The first-order valence-corrected chi connectivity index (χ1v) is 6.79. The van der Waals surface area contributed by atoms with Gasteiger partial charge in [-0.05, 0) is 45.6 Å². The Morgan fingerprint density at radius 2 is 1.95 bits per heavy atom. The molecule has 0 spiro atoms. The van der Waals surface area contributed by atoms with Gasteiger partial charge in [-0.3, -0.25) is 0 Å². The summed E-state index contributed by atoms with van der Waals surface area (Å²) >= 11 is 0. The molecule has 2 N–H and O–H groups in total. The summed E-state index contributed by atoms with van der Waals surface area (Å²) in [4.78, 5) is 8.78. The minimum atomic E-state index is 0.541. The van der Waals surface area contributed by atoms with Crippen molar-refractivity contribution in [1.29, 1.82) is 0 Å². The Balaban J connectivity index is 2.61. The molecule has 0 aliphatic rings. The maximum absolute atomic E-state index is 5.86. The van der Waals surface area contributed by atoms with Crippen molar-refractivity contribution in [3.63, 3.8) is 0 Å². The molecular weight excluding hydrogens is 240 g/mol. The molecule has 1 heterocycles. The van der Waals surface area contributed by atoms with E-state index in [0.717, 1.165) is 31.7 Å². The normalized spacial score (nSPS) is 10.8. The van der Waals surface area contributed by atoms with Crippen LogP contribution >= 0.6 is 0 Å². The summed E-state index contributed by atoms with van der Waals surface area (Å²) in [5, 5.41) is 0.